The molecule has 0 heterocycles. The van der Waals surface area contributed by atoms with E-state index in [1.54, 1.807) is 37.3 Å². The topological polar surface area (TPSA) is 188 Å². The molecule has 1 rings (SSSR count). The molecule has 0 aliphatic heterocycles. The smallest absolute Gasteiger partial charge is 0.326 e. The van der Waals surface area contributed by atoms with Gasteiger partial charge in [0.1, 0.15) is 12.1 Å². The Balaban J connectivity index is 2.86. The predicted octanol–water partition coefficient (Wildman–Crippen LogP) is -0.752. The summed E-state index contributed by atoms with van der Waals surface area (Å²) in [6, 6.07) is 5.00. The van der Waals surface area contributed by atoms with E-state index in [4.69, 9.17) is 15.9 Å². The maximum absolute atomic E-state index is 12.7. The van der Waals surface area contributed by atoms with E-state index in [9.17, 15) is 24.0 Å². The Morgan fingerprint density at radius 2 is 1.59 bits per heavy atom. The minimum absolute atomic E-state index is 0.0259. The normalized spacial score (nSPS) is 14.3. The summed E-state index contributed by atoms with van der Waals surface area (Å²) in [5.41, 5.74) is 6.50. The van der Waals surface area contributed by atoms with Crippen molar-refractivity contribution in [3.05, 3.63) is 35.9 Å². The number of aliphatic carboxylic acids is 2. The first-order chi connectivity index (χ1) is 15.0. The lowest BCUT2D eigenvalue weighted by Crippen LogP contribution is -2.55. The van der Waals surface area contributed by atoms with Gasteiger partial charge >= 0.3 is 11.9 Å². The SMILES string of the molecule is CCC(C)C(N)C(=O)NCC(=O)NC(Cc1ccccc1)C(=O)NC(CC(=O)O)C(=O)O. The van der Waals surface area contributed by atoms with E-state index >= 15 is 0 Å². The molecule has 0 aliphatic rings. The van der Waals surface area contributed by atoms with Gasteiger partial charge in [0.15, 0.2) is 0 Å². The molecule has 7 N–H and O–H groups in total. The van der Waals surface area contributed by atoms with Gasteiger partial charge in [-0.1, -0.05) is 50.6 Å². The summed E-state index contributed by atoms with van der Waals surface area (Å²) in [7, 11) is 0. The van der Waals surface area contributed by atoms with Crippen LogP contribution in [0.1, 0.15) is 32.3 Å². The summed E-state index contributed by atoms with van der Waals surface area (Å²) in [5.74, 6) is -5.06. The van der Waals surface area contributed by atoms with Crippen LogP contribution in [0.2, 0.25) is 0 Å². The van der Waals surface area contributed by atoms with Crippen LogP contribution in [0.4, 0.5) is 0 Å². The lowest BCUT2D eigenvalue weighted by Gasteiger charge is -2.22. The minimum Gasteiger partial charge on any atom is -0.481 e. The van der Waals surface area contributed by atoms with Crippen LogP contribution in [-0.2, 0) is 30.4 Å². The molecule has 0 saturated heterocycles. The van der Waals surface area contributed by atoms with Gasteiger partial charge in [0.05, 0.1) is 19.0 Å². The largest absolute Gasteiger partial charge is 0.481 e. The molecule has 0 bridgehead atoms. The number of nitrogens with one attached hydrogen (secondary N) is 3. The fourth-order valence-electron chi connectivity index (χ4n) is 2.75. The number of carbonyl (C=O) groups excluding carboxylic acids is 3. The maximum atomic E-state index is 12.7. The Morgan fingerprint density at radius 1 is 0.969 bits per heavy atom. The molecule has 4 atom stereocenters. The molecule has 0 aromatic heterocycles. The number of nitrogens with two attached hydrogens (primary N) is 1. The summed E-state index contributed by atoms with van der Waals surface area (Å²) in [4.78, 5) is 59.2. The van der Waals surface area contributed by atoms with Gasteiger partial charge in [-0.15, -0.1) is 0 Å². The lowest BCUT2D eigenvalue weighted by atomic mass is 9.99. The second kappa shape index (κ2) is 13.1. The van der Waals surface area contributed by atoms with Gasteiger partial charge < -0.3 is 31.9 Å². The lowest BCUT2D eigenvalue weighted by molar-refractivity contribution is -0.147. The Bertz CT molecular complexity index is 816. The van der Waals surface area contributed by atoms with Crippen molar-refractivity contribution in [2.45, 2.75) is 51.2 Å². The first-order valence-electron chi connectivity index (χ1n) is 10.2. The molecule has 0 radical (unpaired) electrons. The average Bonchev–Trinajstić information content (AvgIpc) is 2.75. The van der Waals surface area contributed by atoms with Gasteiger partial charge in [-0.2, -0.15) is 0 Å². The number of rotatable bonds is 13. The van der Waals surface area contributed by atoms with Gasteiger partial charge in [0.25, 0.3) is 0 Å². The number of hydrogen-bond donors (Lipinski definition) is 6. The number of carbonyl (C=O) groups is 5. The van der Waals surface area contributed by atoms with E-state index < -0.39 is 60.8 Å². The highest BCUT2D eigenvalue weighted by molar-refractivity contribution is 5.93. The monoisotopic (exact) mass is 450 g/mol. The number of amides is 3. The predicted molar refractivity (Wildman–Crippen MR) is 114 cm³/mol. The van der Waals surface area contributed by atoms with Gasteiger partial charge in [-0.25, -0.2) is 4.79 Å². The van der Waals surface area contributed by atoms with E-state index in [1.165, 1.54) is 0 Å². The van der Waals surface area contributed by atoms with Crippen LogP contribution < -0.4 is 21.7 Å². The zero-order valence-corrected chi connectivity index (χ0v) is 18.0. The molecule has 4 unspecified atom stereocenters. The van der Waals surface area contributed by atoms with Gasteiger partial charge in [-0.3, -0.25) is 19.2 Å². The summed E-state index contributed by atoms with van der Waals surface area (Å²) in [6.07, 6.45) is -0.115. The Labute approximate surface area is 185 Å². The number of carboxylic acid groups (broad SMARTS) is 2. The third kappa shape index (κ3) is 9.13. The zero-order chi connectivity index (χ0) is 24.3. The van der Waals surface area contributed by atoms with Crippen LogP contribution in [0, 0.1) is 5.92 Å². The molecule has 0 spiro atoms. The third-order valence-corrected chi connectivity index (χ3v) is 4.91. The Hall–Kier alpha value is -3.47. The number of hydrogen-bond acceptors (Lipinski definition) is 6. The van der Waals surface area contributed by atoms with Crippen molar-refractivity contribution in [2.75, 3.05) is 6.54 Å². The highest BCUT2D eigenvalue weighted by atomic mass is 16.4. The van der Waals surface area contributed by atoms with Crippen molar-refractivity contribution in [1.82, 2.24) is 16.0 Å². The summed E-state index contributed by atoms with van der Waals surface area (Å²) in [6.45, 7) is 3.26. The van der Waals surface area contributed by atoms with Gasteiger partial charge in [0.2, 0.25) is 17.7 Å². The van der Waals surface area contributed by atoms with Crippen molar-refractivity contribution >= 4 is 29.7 Å². The van der Waals surface area contributed by atoms with Crippen molar-refractivity contribution in [1.29, 1.82) is 0 Å². The van der Waals surface area contributed by atoms with Crippen molar-refractivity contribution in [2.24, 2.45) is 11.7 Å². The van der Waals surface area contributed by atoms with Crippen LogP contribution in [0.15, 0.2) is 30.3 Å². The van der Waals surface area contributed by atoms with E-state index in [0.29, 0.717) is 12.0 Å². The highest BCUT2D eigenvalue weighted by Crippen LogP contribution is 2.06. The standard InChI is InChI=1S/C21H30N4O7/c1-3-12(2)18(22)20(30)23-11-16(26)24-14(9-13-7-5-4-6-8-13)19(29)25-15(21(31)32)10-17(27)28/h4-8,12,14-15,18H,3,9-11,22H2,1-2H3,(H,23,30)(H,24,26)(H,25,29)(H,27,28)(H,31,32). The molecule has 0 fully saturated rings. The van der Waals surface area contributed by atoms with Crippen LogP contribution in [0.25, 0.3) is 0 Å². The molecule has 1 aromatic rings. The minimum atomic E-state index is -1.66. The molecule has 11 nitrogen and oxygen atoms in total. The number of carboxylic acids is 2. The number of benzene rings is 1. The third-order valence-electron chi connectivity index (χ3n) is 4.91. The second-order valence-electron chi connectivity index (χ2n) is 7.44. The summed E-state index contributed by atoms with van der Waals surface area (Å²) in [5, 5.41) is 25.0. The fourth-order valence-corrected chi connectivity index (χ4v) is 2.75. The Morgan fingerprint density at radius 3 is 2.12 bits per heavy atom. The van der Waals surface area contributed by atoms with E-state index in [-0.39, 0.29) is 12.3 Å². The first-order valence-corrected chi connectivity index (χ1v) is 10.2. The molecule has 11 heteroatoms. The van der Waals surface area contributed by atoms with Gasteiger partial charge in [-0.05, 0) is 11.5 Å². The van der Waals surface area contributed by atoms with E-state index in [2.05, 4.69) is 16.0 Å². The molecule has 0 saturated carbocycles. The van der Waals surface area contributed by atoms with Crippen LogP contribution >= 0.6 is 0 Å². The van der Waals surface area contributed by atoms with Crippen molar-refractivity contribution in [3.8, 4) is 0 Å². The zero-order valence-electron chi connectivity index (χ0n) is 18.0. The molecule has 1 aromatic carbocycles. The van der Waals surface area contributed by atoms with Crippen molar-refractivity contribution in [3.63, 3.8) is 0 Å². The molecular weight excluding hydrogens is 420 g/mol. The van der Waals surface area contributed by atoms with Crippen molar-refractivity contribution < 1.29 is 34.2 Å². The fraction of sp³-hybridized carbons (Fsp3) is 0.476. The first kappa shape index (κ1) is 26.6. The summed E-state index contributed by atoms with van der Waals surface area (Å²) < 4.78 is 0. The molecule has 0 aliphatic carbocycles. The van der Waals surface area contributed by atoms with E-state index in [0.717, 1.165) is 0 Å². The Kier molecular flexibility index (Phi) is 10.8. The maximum Gasteiger partial charge on any atom is 0.326 e. The quantitative estimate of drug-likeness (QED) is 0.226. The van der Waals surface area contributed by atoms with Crippen LogP contribution in [-0.4, -0.2) is 64.5 Å². The van der Waals surface area contributed by atoms with Crippen LogP contribution in [0.3, 0.4) is 0 Å². The van der Waals surface area contributed by atoms with E-state index in [1.807, 2.05) is 6.92 Å². The van der Waals surface area contributed by atoms with Gasteiger partial charge in [0, 0.05) is 6.42 Å². The molecule has 3 amide bonds. The average molecular weight is 450 g/mol. The molecule has 176 valence electrons. The molecule has 32 heavy (non-hydrogen) atoms. The second-order valence-corrected chi connectivity index (χ2v) is 7.44. The summed E-state index contributed by atoms with van der Waals surface area (Å²) >= 11 is 0. The highest BCUT2D eigenvalue weighted by Gasteiger charge is 2.28. The van der Waals surface area contributed by atoms with Crippen LogP contribution in [0.5, 0.6) is 0 Å². The molecular formula is C21H30N4O7.